The summed E-state index contributed by atoms with van der Waals surface area (Å²) in [7, 11) is 1.73. The van der Waals surface area contributed by atoms with Crippen molar-refractivity contribution in [2.24, 2.45) is 7.05 Å². The highest BCUT2D eigenvalue weighted by Gasteiger charge is 2.23. The molecule has 0 spiro atoms. The summed E-state index contributed by atoms with van der Waals surface area (Å²) in [5.74, 6) is 0. The zero-order valence-corrected chi connectivity index (χ0v) is 13.9. The molecule has 3 aromatic rings. The maximum absolute atomic E-state index is 12.3. The van der Waals surface area contributed by atoms with Crippen molar-refractivity contribution >= 4 is 22.3 Å². The summed E-state index contributed by atoms with van der Waals surface area (Å²) < 4.78 is 1.58. The quantitative estimate of drug-likeness (QED) is 0.643. The van der Waals surface area contributed by atoms with Crippen molar-refractivity contribution in [2.75, 3.05) is 10.8 Å². The van der Waals surface area contributed by atoms with Gasteiger partial charge in [-0.1, -0.05) is 6.07 Å². The predicted molar refractivity (Wildman–Crippen MR) is 95.5 cm³/mol. The van der Waals surface area contributed by atoms with Gasteiger partial charge in [0.05, 0.1) is 22.4 Å². The van der Waals surface area contributed by atoms with E-state index in [4.69, 9.17) is 0 Å². The van der Waals surface area contributed by atoms with Crippen LogP contribution in [0, 0.1) is 0 Å². The monoisotopic (exact) mass is 324 g/mol. The lowest BCUT2D eigenvalue weighted by Gasteiger charge is -2.28. The Morgan fingerprint density at radius 2 is 1.96 bits per heavy atom. The molecule has 0 radical (unpaired) electrons. The summed E-state index contributed by atoms with van der Waals surface area (Å²) >= 11 is 0. The topological polar surface area (TPSA) is 79.2 Å². The number of benzene rings is 1. The summed E-state index contributed by atoms with van der Waals surface area (Å²) in [5, 5.41) is 13.4. The number of nitrogens with one attached hydrogen (secondary N) is 2. The standard InChI is InChI=1S/C18H20N4O2/c1-18(2,16-6-4-5-9-19-16)20-14-11-17(23)22(3)15-8-7-12(21-24)10-13(14)15/h4-11,20-21,24H,1-3H3. The van der Waals surface area contributed by atoms with E-state index in [0.717, 1.165) is 16.6 Å². The van der Waals surface area contributed by atoms with Crippen molar-refractivity contribution < 1.29 is 5.21 Å². The van der Waals surface area contributed by atoms with Crippen molar-refractivity contribution in [3.63, 3.8) is 0 Å². The largest absolute Gasteiger partial charge is 0.374 e. The fourth-order valence-electron chi connectivity index (χ4n) is 2.77. The Morgan fingerprint density at radius 1 is 1.17 bits per heavy atom. The first-order valence-corrected chi connectivity index (χ1v) is 7.66. The minimum absolute atomic E-state index is 0.105. The highest BCUT2D eigenvalue weighted by Crippen LogP contribution is 2.30. The van der Waals surface area contributed by atoms with Gasteiger partial charge < -0.3 is 9.88 Å². The molecule has 2 heterocycles. The zero-order valence-electron chi connectivity index (χ0n) is 13.9. The van der Waals surface area contributed by atoms with Crippen molar-refractivity contribution in [3.8, 4) is 0 Å². The number of anilines is 2. The van der Waals surface area contributed by atoms with Gasteiger partial charge in [0, 0.05) is 30.4 Å². The van der Waals surface area contributed by atoms with Gasteiger partial charge in [-0.2, -0.15) is 0 Å². The summed E-state index contributed by atoms with van der Waals surface area (Å²) in [6.45, 7) is 4.01. The Balaban J connectivity index is 2.15. The highest BCUT2D eigenvalue weighted by molar-refractivity contribution is 5.94. The van der Waals surface area contributed by atoms with E-state index in [-0.39, 0.29) is 5.56 Å². The van der Waals surface area contributed by atoms with Crippen LogP contribution < -0.4 is 16.4 Å². The van der Waals surface area contributed by atoms with E-state index in [9.17, 15) is 10.0 Å². The fourth-order valence-corrected chi connectivity index (χ4v) is 2.77. The first kappa shape index (κ1) is 16.0. The lowest BCUT2D eigenvalue weighted by atomic mass is 9.98. The Kier molecular flexibility index (Phi) is 3.99. The molecule has 6 heteroatoms. The van der Waals surface area contributed by atoms with Crippen LogP contribution in [-0.4, -0.2) is 14.8 Å². The fraction of sp³-hybridized carbons (Fsp3) is 0.222. The van der Waals surface area contributed by atoms with Gasteiger partial charge in [-0.3, -0.25) is 20.5 Å². The number of aryl methyl sites for hydroxylation is 1. The van der Waals surface area contributed by atoms with Crippen LogP contribution in [0.5, 0.6) is 0 Å². The minimum atomic E-state index is -0.469. The van der Waals surface area contributed by atoms with E-state index >= 15 is 0 Å². The van der Waals surface area contributed by atoms with Gasteiger partial charge >= 0.3 is 0 Å². The average Bonchev–Trinajstić information content (AvgIpc) is 2.59. The van der Waals surface area contributed by atoms with Gasteiger partial charge in [-0.25, -0.2) is 0 Å². The predicted octanol–water partition coefficient (Wildman–Crippen LogP) is 3.08. The second-order valence-electron chi connectivity index (χ2n) is 6.26. The van der Waals surface area contributed by atoms with Crippen molar-refractivity contribution in [1.29, 1.82) is 0 Å². The van der Waals surface area contributed by atoms with Crippen molar-refractivity contribution in [1.82, 2.24) is 9.55 Å². The molecule has 124 valence electrons. The molecule has 6 nitrogen and oxygen atoms in total. The SMILES string of the molecule is Cn1c(=O)cc(NC(C)(C)c2ccccn2)c2cc(NO)ccc21. The first-order chi connectivity index (χ1) is 11.4. The maximum atomic E-state index is 12.3. The molecule has 0 aliphatic carbocycles. The number of aromatic nitrogens is 2. The Morgan fingerprint density at radius 3 is 2.62 bits per heavy atom. The van der Waals surface area contributed by atoms with E-state index in [1.54, 1.807) is 42.1 Å². The van der Waals surface area contributed by atoms with Gasteiger partial charge in [-0.05, 0) is 44.2 Å². The van der Waals surface area contributed by atoms with E-state index in [1.165, 1.54) is 0 Å². The summed E-state index contributed by atoms with van der Waals surface area (Å²) in [5.41, 5.74) is 4.47. The van der Waals surface area contributed by atoms with Gasteiger partial charge in [0.2, 0.25) is 0 Å². The van der Waals surface area contributed by atoms with Crippen LogP contribution >= 0.6 is 0 Å². The Bertz CT molecular complexity index is 933. The van der Waals surface area contributed by atoms with Crippen LogP contribution in [0.15, 0.2) is 53.5 Å². The van der Waals surface area contributed by atoms with Crippen LogP contribution in [0.4, 0.5) is 11.4 Å². The molecule has 0 amide bonds. The van der Waals surface area contributed by atoms with E-state index < -0.39 is 5.54 Å². The van der Waals surface area contributed by atoms with E-state index in [2.05, 4.69) is 15.8 Å². The number of hydrogen-bond acceptors (Lipinski definition) is 5. The van der Waals surface area contributed by atoms with Crippen LogP contribution in [0.2, 0.25) is 0 Å². The van der Waals surface area contributed by atoms with Crippen molar-refractivity contribution in [3.05, 3.63) is 64.7 Å². The molecule has 0 atom stereocenters. The molecule has 3 rings (SSSR count). The number of hydrogen-bond donors (Lipinski definition) is 3. The lowest BCUT2D eigenvalue weighted by molar-refractivity contribution is 0.389. The number of rotatable bonds is 4. The van der Waals surface area contributed by atoms with Gasteiger partial charge in [0.25, 0.3) is 5.56 Å². The van der Waals surface area contributed by atoms with Crippen LogP contribution in [0.25, 0.3) is 10.9 Å². The highest BCUT2D eigenvalue weighted by atomic mass is 16.5. The van der Waals surface area contributed by atoms with Crippen LogP contribution in [-0.2, 0) is 12.6 Å². The third-order valence-electron chi connectivity index (χ3n) is 4.13. The maximum Gasteiger partial charge on any atom is 0.252 e. The molecule has 0 aliphatic rings. The molecule has 24 heavy (non-hydrogen) atoms. The Hall–Kier alpha value is -2.86. The van der Waals surface area contributed by atoms with Crippen LogP contribution in [0.3, 0.4) is 0 Å². The second-order valence-corrected chi connectivity index (χ2v) is 6.26. The molecule has 1 aromatic carbocycles. The van der Waals surface area contributed by atoms with Crippen LogP contribution in [0.1, 0.15) is 19.5 Å². The molecule has 0 fully saturated rings. The molecular formula is C18H20N4O2. The third kappa shape index (κ3) is 2.83. The van der Waals surface area contributed by atoms with Gasteiger partial charge in [-0.15, -0.1) is 0 Å². The lowest BCUT2D eigenvalue weighted by Crippen LogP contribution is -2.30. The minimum Gasteiger partial charge on any atom is -0.374 e. The van der Waals surface area contributed by atoms with Gasteiger partial charge in [0.1, 0.15) is 0 Å². The zero-order chi connectivity index (χ0) is 17.3. The second kappa shape index (κ2) is 5.98. The number of pyridine rings is 2. The third-order valence-corrected chi connectivity index (χ3v) is 4.13. The van der Waals surface area contributed by atoms with E-state index in [1.807, 2.05) is 32.0 Å². The van der Waals surface area contributed by atoms with Crippen molar-refractivity contribution in [2.45, 2.75) is 19.4 Å². The molecule has 3 N–H and O–H groups in total. The molecule has 2 aromatic heterocycles. The molecule has 0 aliphatic heterocycles. The number of nitrogens with zero attached hydrogens (tertiary/aromatic N) is 2. The summed E-state index contributed by atoms with van der Waals surface area (Å²) in [6.07, 6.45) is 1.74. The summed E-state index contributed by atoms with van der Waals surface area (Å²) in [6, 6.07) is 12.6. The molecule has 0 saturated heterocycles. The molecule has 0 saturated carbocycles. The molecular weight excluding hydrogens is 304 g/mol. The Labute approximate surface area is 139 Å². The normalized spacial score (nSPS) is 11.5. The summed E-state index contributed by atoms with van der Waals surface area (Å²) in [4.78, 5) is 16.7. The smallest absolute Gasteiger partial charge is 0.252 e. The number of fused-ring (bicyclic) bond motifs is 1. The van der Waals surface area contributed by atoms with E-state index in [0.29, 0.717) is 11.4 Å². The first-order valence-electron chi connectivity index (χ1n) is 7.66. The molecule has 0 bridgehead atoms. The molecule has 0 unspecified atom stereocenters. The van der Waals surface area contributed by atoms with Gasteiger partial charge in [0.15, 0.2) is 0 Å². The average molecular weight is 324 g/mol.